The molecule has 3 N–H and O–H groups in total. The molecule has 164 valence electrons. The van der Waals surface area contributed by atoms with Gasteiger partial charge in [-0.25, -0.2) is 9.40 Å². The predicted molar refractivity (Wildman–Crippen MR) is 114 cm³/mol. The van der Waals surface area contributed by atoms with Crippen molar-refractivity contribution >= 4 is 23.3 Å². The van der Waals surface area contributed by atoms with E-state index in [2.05, 4.69) is 15.6 Å². The molecular formula is C22H25FN4O4. The van der Waals surface area contributed by atoms with E-state index in [0.717, 1.165) is 0 Å². The van der Waals surface area contributed by atoms with Crippen LogP contribution in [0, 0.1) is 5.82 Å². The van der Waals surface area contributed by atoms with Crippen molar-refractivity contribution in [1.29, 1.82) is 0 Å². The summed E-state index contributed by atoms with van der Waals surface area (Å²) >= 11 is 0. The minimum Gasteiger partial charge on any atom is -0.510 e. The number of nitrogens with zero attached hydrogens (tertiary/aromatic N) is 3. The van der Waals surface area contributed by atoms with Crippen molar-refractivity contribution in [2.45, 2.75) is 45.1 Å². The molecule has 1 unspecified atom stereocenters. The Hall–Kier alpha value is -3.49. The van der Waals surface area contributed by atoms with E-state index >= 15 is 0 Å². The molecule has 1 aromatic rings. The quantitative estimate of drug-likeness (QED) is 0.523. The standard InChI is InChI=1S/C22H25FN4O4/c1-14-20(22(31)27(26-14)13-5-10-19(28)29)25-24-18-9-4-7-16(21(18)30)12-11-15-6-2-3-8-17(15)23/h2-4,6-8,18,24,30H,5,9-13H2,1H3,(H,28,29)/b25-20-. The number of aliphatic carboxylic acids is 1. The van der Waals surface area contributed by atoms with E-state index in [-0.39, 0.29) is 30.3 Å². The zero-order valence-electron chi connectivity index (χ0n) is 17.2. The van der Waals surface area contributed by atoms with Crippen molar-refractivity contribution in [1.82, 2.24) is 10.4 Å². The molecular weight excluding hydrogens is 403 g/mol. The highest BCUT2D eigenvalue weighted by atomic mass is 19.1. The summed E-state index contributed by atoms with van der Waals surface area (Å²) in [5, 5.41) is 28.8. The molecule has 31 heavy (non-hydrogen) atoms. The SMILES string of the molecule is CC1=NN(CCCC(=O)O)C(=O)/C1=N\NC1CC=CC(CCc2ccccc2F)=C1O. The summed E-state index contributed by atoms with van der Waals surface area (Å²) in [4.78, 5) is 23.1. The van der Waals surface area contributed by atoms with Gasteiger partial charge in [-0.05, 0) is 49.8 Å². The minimum atomic E-state index is -0.929. The van der Waals surface area contributed by atoms with Crippen LogP contribution in [0.3, 0.4) is 0 Å². The number of carboxylic acids is 1. The molecule has 0 saturated heterocycles. The van der Waals surface area contributed by atoms with Crippen molar-refractivity contribution in [3.8, 4) is 0 Å². The van der Waals surface area contributed by atoms with E-state index in [1.807, 2.05) is 12.2 Å². The van der Waals surface area contributed by atoms with E-state index in [9.17, 15) is 19.1 Å². The van der Waals surface area contributed by atoms with E-state index in [1.165, 1.54) is 11.1 Å². The number of hydrogen-bond acceptors (Lipinski definition) is 6. The molecule has 2 aliphatic rings. The van der Waals surface area contributed by atoms with E-state index in [4.69, 9.17) is 5.11 Å². The van der Waals surface area contributed by atoms with Gasteiger partial charge in [0.15, 0.2) is 5.71 Å². The molecule has 1 aliphatic heterocycles. The lowest BCUT2D eigenvalue weighted by molar-refractivity contribution is -0.137. The maximum absolute atomic E-state index is 13.8. The number of rotatable bonds is 9. The summed E-state index contributed by atoms with van der Waals surface area (Å²) in [5.74, 6) is -1.50. The Labute approximate surface area is 179 Å². The van der Waals surface area contributed by atoms with Crippen LogP contribution in [0.1, 0.15) is 38.2 Å². The van der Waals surface area contributed by atoms with Gasteiger partial charge in [0.05, 0.1) is 5.71 Å². The average Bonchev–Trinajstić information content (AvgIpc) is 3.00. The Kier molecular flexibility index (Phi) is 7.17. The molecule has 0 spiro atoms. The molecule has 1 atom stereocenters. The largest absolute Gasteiger partial charge is 0.510 e. The molecule has 1 aromatic carbocycles. The molecule has 0 saturated carbocycles. The number of hydrogen-bond donors (Lipinski definition) is 3. The Balaban J connectivity index is 1.61. The molecule has 1 amide bonds. The number of carbonyl (C=O) groups is 2. The van der Waals surface area contributed by atoms with Crippen LogP contribution in [0.25, 0.3) is 0 Å². The van der Waals surface area contributed by atoms with Gasteiger partial charge in [0.2, 0.25) is 0 Å². The van der Waals surface area contributed by atoms with Crippen LogP contribution in [0.4, 0.5) is 4.39 Å². The first-order valence-corrected chi connectivity index (χ1v) is 10.1. The first kappa shape index (κ1) is 22.2. The van der Waals surface area contributed by atoms with Gasteiger partial charge in [-0.1, -0.05) is 30.4 Å². The second-order valence-electron chi connectivity index (χ2n) is 7.39. The third-order valence-corrected chi connectivity index (χ3v) is 5.11. The highest BCUT2D eigenvalue weighted by molar-refractivity contribution is 6.68. The highest BCUT2D eigenvalue weighted by Gasteiger charge is 2.30. The molecule has 3 rings (SSSR count). The number of benzene rings is 1. The number of hydrazone groups is 2. The van der Waals surface area contributed by atoms with Gasteiger partial charge in [0, 0.05) is 13.0 Å². The summed E-state index contributed by atoms with van der Waals surface area (Å²) in [6.07, 6.45) is 5.36. The molecule has 9 heteroatoms. The number of aliphatic hydroxyl groups is 1. The first-order chi connectivity index (χ1) is 14.9. The fourth-order valence-corrected chi connectivity index (χ4v) is 3.42. The summed E-state index contributed by atoms with van der Waals surface area (Å²) in [5.41, 5.74) is 4.66. The van der Waals surface area contributed by atoms with Crippen LogP contribution in [-0.2, 0) is 16.0 Å². The van der Waals surface area contributed by atoms with Crippen LogP contribution in [0.15, 0.2) is 58.0 Å². The molecule has 0 aromatic heterocycles. The van der Waals surface area contributed by atoms with Crippen LogP contribution in [-0.4, -0.2) is 51.1 Å². The normalized spacial score (nSPS) is 19.9. The molecule has 1 aliphatic carbocycles. The van der Waals surface area contributed by atoms with E-state index in [0.29, 0.717) is 42.5 Å². The third-order valence-electron chi connectivity index (χ3n) is 5.11. The van der Waals surface area contributed by atoms with Gasteiger partial charge in [0.25, 0.3) is 5.91 Å². The van der Waals surface area contributed by atoms with Crippen LogP contribution in [0.2, 0.25) is 0 Å². The number of amides is 1. The maximum atomic E-state index is 13.8. The molecule has 0 fully saturated rings. The number of allylic oxidation sites excluding steroid dienone is 2. The smallest absolute Gasteiger partial charge is 0.303 e. The van der Waals surface area contributed by atoms with Gasteiger partial charge in [0.1, 0.15) is 17.6 Å². The maximum Gasteiger partial charge on any atom is 0.303 e. The van der Waals surface area contributed by atoms with Crippen LogP contribution >= 0.6 is 0 Å². The number of carboxylic acid groups (broad SMARTS) is 1. The number of aryl methyl sites for hydroxylation is 1. The number of nitrogens with one attached hydrogen (secondary N) is 1. The molecule has 8 nitrogen and oxygen atoms in total. The van der Waals surface area contributed by atoms with Gasteiger partial charge in [-0.15, -0.1) is 0 Å². The molecule has 0 bridgehead atoms. The number of halogens is 1. The zero-order valence-corrected chi connectivity index (χ0v) is 17.2. The Morgan fingerprint density at radius 3 is 2.87 bits per heavy atom. The minimum absolute atomic E-state index is 0.0498. The van der Waals surface area contributed by atoms with Crippen molar-refractivity contribution in [3.05, 3.63) is 59.1 Å². The second-order valence-corrected chi connectivity index (χ2v) is 7.39. The zero-order chi connectivity index (χ0) is 22.4. The monoisotopic (exact) mass is 428 g/mol. The van der Waals surface area contributed by atoms with Crippen molar-refractivity contribution in [3.63, 3.8) is 0 Å². The topological polar surface area (TPSA) is 115 Å². The predicted octanol–water partition coefficient (Wildman–Crippen LogP) is 2.93. The fraction of sp³-hybridized carbons (Fsp3) is 0.364. The first-order valence-electron chi connectivity index (χ1n) is 10.1. The fourth-order valence-electron chi connectivity index (χ4n) is 3.42. The van der Waals surface area contributed by atoms with Gasteiger partial charge >= 0.3 is 5.97 Å². The Bertz CT molecular complexity index is 983. The average molecular weight is 428 g/mol. The summed E-state index contributed by atoms with van der Waals surface area (Å²) in [6.45, 7) is 1.84. The number of carbonyl (C=O) groups excluding carboxylic acids is 1. The van der Waals surface area contributed by atoms with Crippen molar-refractivity contribution in [2.24, 2.45) is 10.2 Å². The lowest BCUT2D eigenvalue weighted by atomic mass is 9.95. The second kappa shape index (κ2) is 10.0. The van der Waals surface area contributed by atoms with Gasteiger partial charge in [-0.2, -0.15) is 10.2 Å². The number of aliphatic hydroxyl groups excluding tert-OH is 1. The Morgan fingerprint density at radius 2 is 2.13 bits per heavy atom. The third kappa shape index (κ3) is 5.56. The van der Waals surface area contributed by atoms with Crippen molar-refractivity contribution in [2.75, 3.05) is 6.54 Å². The van der Waals surface area contributed by atoms with Gasteiger partial charge < -0.3 is 10.2 Å². The van der Waals surface area contributed by atoms with Gasteiger partial charge in [-0.3, -0.25) is 15.0 Å². The summed E-state index contributed by atoms with van der Waals surface area (Å²) in [6, 6.07) is 6.04. The Morgan fingerprint density at radius 1 is 1.35 bits per heavy atom. The molecule has 0 radical (unpaired) electrons. The van der Waals surface area contributed by atoms with Crippen molar-refractivity contribution < 1.29 is 24.2 Å². The summed E-state index contributed by atoms with van der Waals surface area (Å²) in [7, 11) is 0. The van der Waals surface area contributed by atoms with E-state index in [1.54, 1.807) is 25.1 Å². The summed E-state index contributed by atoms with van der Waals surface area (Å²) < 4.78 is 13.8. The van der Waals surface area contributed by atoms with Crippen LogP contribution in [0.5, 0.6) is 0 Å². The lowest BCUT2D eigenvalue weighted by Crippen LogP contribution is -2.34. The highest BCUT2D eigenvalue weighted by Crippen LogP contribution is 2.23. The van der Waals surface area contributed by atoms with E-state index < -0.39 is 17.9 Å². The molecule has 1 heterocycles. The lowest BCUT2D eigenvalue weighted by Gasteiger charge is -2.21. The van der Waals surface area contributed by atoms with Crippen LogP contribution < -0.4 is 5.43 Å².